The van der Waals surface area contributed by atoms with Crippen molar-refractivity contribution in [3.05, 3.63) is 35.1 Å². The summed E-state index contributed by atoms with van der Waals surface area (Å²) in [5.74, 6) is 0.676. The minimum atomic E-state index is -0.148. The van der Waals surface area contributed by atoms with Gasteiger partial charge in [-0.2, -0.15) is 11.8 Å². The van der Waals surface area contributed by atoms with E-state index in [4.69, 9.17) is 0 Å². The van der Waals surface area contributed by atoms with Gasteiger partial charge in [-0.05, 0) is 57.3 Å². The molecule has 140 valence electrons. The van der Waals surface area contributed by atoms with Crippen LogP contribution in [-0.4, -0.2) is 49.6 Å². The van der Waals surface area contributed by atoms with Crippen LogP contribution in [0.5, 0.6) is 0 Å². The first-order valence-electron chi connectivity index (χ1n) is 8.93. The fourth-order valence-electron chi connectivity index (χ4n) is 3.26. The number of benzene rings is 1. The van der Waals surface area contributed by atoms with Crippen LogP contribution in [0.1, 0.15) is 36.8 Å². The molecule has 0 heterocycles. The molecular weight excluding hydrogens is 335 g/mol. The van der Waals surface area contributed by atoms with Gasteiger partial charge in [0, 0.05) is 37.0 Å². The molecule has 0 saturated heterocycles. The predicted molar refractivity (Wildman–Crippen MR) is 107 cm³/mol. The summed E-state index contributed by atoms with van der Waals surface area (Å²) in [6, 6.07) is 5.80. The van der Waals surface area contributed by atoms with Crippen LogP contribution in [0, 0.1) is 5.82 Å². The van der Waals surface area contributed by atoms with Gasteiger partial charge >= 0.3 is 0 Å². The molecule has 1 fully saturated rings. The van der Waals surface area contributed by atoms with Crippen LogP contribution in [0.2, 0.25) is 0 Å². The maximum absolute atomic E-state index is 13.9. The molecule has 2 N–H and O–H groups in total. The fourth-order valence-corrected chi connectivity index (χ4v) is 4.09. The van der Waals surface area contributed by atoms with Crippen molar-refractivity contribution in [2.24, 2.45) is 4.99 Å². The Hall–Kier alpha value is -1.27. The molecule has 1 aromatic rings. The Kier molecular flexibility index (Phi) is 8.03. The summed E-state index contributed by atoms with van der Waals surface area (Å²) in [4.78, 5) is 6.32. The molecule has 1 aliphatic rings. The second kappa shape index (κ2) is 10.0. The standard InChI is InChI=1S/C19H31FN4S/c1-21-19(23-16-6-5-7-17(11-16)25-4)22-12-14-8-9-18(20)15(10-14)13-24(2)3/h8-10,16-17H,5-7,11-13H2,1-4H3,(H2,21,22,23). The Morgan fingerprint density at radius 1 is 1.36 bits per heavy atom. The number of halogens is 1. The van der Waals surface area contributed by atoms with Crippen molar-refractivity contribution in [1.29, 1.82) is 0 Å². The lowest BCUT2D eigenvalue weighted by molar-refractivity contribution is 0.392. The van der Waals surface area contributed by atoms with E-state index in [0.29, 0.717) is 19.1 Å². The van der Waals surface area contributed by atoms with Crippen LogP contribution in [0.3, 0.4) is 0 Å². The SMILES string of the molecule is CN=C(NCc1ccc(F)c(CN(C)C)c1)NC1CCCC(SC)C1. The van der Waals surface area contributed by atoms with Crippen molar-refractivity contribution in [1.82, 2.24) is 15.5 Å². The smallest absolute Gasteiger partial charge is 0.191 e. The number of guanidine groups is 1. The predicted octanol–water partition coefficient (Wildman–Crippen LogP) is 3.23. The van der Waals surface area contributed by atoms with Gasteiger partial charge in [0.25, 0.3) is 0 Å². The minimum absolute atomic E-state index is 0.148. The first-order chi connectivity index (χ1) is 12.0. The number of nitrogens with zero attached hydrogens (tertiary/aromatic N) is 2. The van der Waals surface area contributed by atoms with Gasteiger partial charge in [0.05, 0.1) is 0 Å². The molecular formula is C19H31FN4S. The van der Waals surface area contributed by atoms with Gasteiger partial charge in [-0.15, -0.1) is 0 Å². The molecule has 2 unspecified atom stereocenters. The quantitative estimate of drug-likeness (QED) is 0.599. The Bertz CT molecular complexity index is 577. The molecule has 0 amide bonds. The zero-order chi connectivity index (χ0) is 18.2. The Morgan fingerprint density at radius 3 is 2.84 bits per heavy atom. The van der Waals surface area contributed by atoms with E-state index in [9.17, 15) is 4.39 Å². The maximum Gasteiger partial charge on any atom is 0.191 e. The largest absolute Gasteiger partial charge is 0.354 e. The van der Waals surface area contributed by atoms with E-state index in [-0.39, 0.29) is 5.82 Å². The molecule has 0 bridgehead atoms. The van der Waals surface area contributed by atoms with E-state index in [1.807, 2.05) is 42.9 Å². The van der Waals surface area contributed by atoms with E-state index in [1.54, 1.807) is 13.1 Å². The number of rotatable bonds is 6. The topological polar surface area (TPSA) is 39.7 Å². The molecule has 1 aliphatic carbocycles. The zero-order valence-corrected chi connectivity index (χ0v) is 16.6. The lowest BCUT2D eigenvalue weighted by Gasteiger charge is -2.29. The number of hydrogen-bond donors (Lipinski definition) is 2. The highest BCUT2D eigenvalue weighted by atomic mass is 32.2. The maximum atomic E-state index is 13.9. The molecule has 0 aromatic heterocycles. The van der Waals surface area contributed by atoms with Gasteiger partial charge < -0.3 is 15.5 Å². The van der Waals surface area contributed by atoms with Crippen molar-refractivity contribution in [2.75, 3.05) is 27.4 Å². The summed E-state index contributed by atoms with van der Waals surface area (Å²) in [6.45, 7) is 1.24. The molecule has 25 heavy (non-hydrogen) atoms. The summed E-state index contributed by atoms with van der Waals surface area (Å²) in [7, 11) is 5.69. The van der Waals surface area contributed by atoms with E-state index in [0.717, 1.165) is 22.3 Å². The zero-order valence-electron chi connectivity index (χ0n) is 15.8. The number of aliphatic imine (C=N–C) groups is 1. The first-order valence-corrected chi connectivity index (χ1v) is 10.2. The van der Waals surface area contributed by atoms with Gasteiger partial charge in [-0.25, -0.2) is 4.39 Å². The van der Waals surface area contributed by atoms with Crippen molar-refractivity contribution in [3.63, 3.8) is 0 Å². The van der Waals surface area contributed by atoms with Gasteiger partial charge in [0.15, 0.2) is 5.96 Å². The summed E-state index contributed by atoms with van der Waals surface area (Å²) < 4.78 is 13.9. The van der Waals surface area contributed by atoms with Crippen LogP contribution >= 0.6 is 11.8 Å². The van der Waals surface area contributed by atoms with Crippen LogP contribution in [0.25, 0.3) is 0 Å². The fraction of sp³-hybridized carbons (Fsp3) is 0.632. The molecule has 6 heteroatoms. The van der Waals surface area contributed by atoms with Crippen LogP contribution < -0.4 is 10.6 Å². The molecule has 0 radical (unpaired) electrons. The third kappa shape index (κ3) is 6.51. The molecule has 2 atom stereocenters. The van der Waals surface area contributed by atoms with Crippen LogP contribution in [0.15, 0.2) is 23.2 Å². The normalized spacial score (nSPS) is 21.4. The van der Waals surface area contributed by atoms with Crippen molar-refractivity contribution >= 4 is 17.7 Å². The average Bonchev–Trinajstić information content (AvgIpc) is 2.60. The summed E-state index contributed by atoms with van der Waals surface area (Å²) >= 11 is 1.96. The van der Waals surface area contributed by atoms with Gasteiger partial charge in [-0.3, -0.25) is 4.99 Å². The van der Waals surface area contributed by atoms with Gasteiger partial charge in [0.2, 0.25) is 0 Å². The lowest BCUT2D eigenvalue weighted by Crippen LogP contribution is -2.45. The Labute approximate surface area is 155 Å². The summed E-state index contributed by atoms with van der Waals surface area (Å²) in [5.41, 5.74) is 1.79. The second-order valence-corrected chi connectivity index (χ2v) is 8.09. The molecule has 0 aliphatic heterocycles. The summed E-state index contributed by atoms with van der Waals surface area (Å²) in [6.07, 6.45) is 7.16. The molecule has 0 spiro atoms. The van der Waals surface area contributed by atoms with Gasteiger partial charge in [0.1, 0.15) is 5.82 Å². The average molecular weight is 367 g/mol. The minimum Gasteiger partial charge on any atom is -0.354 e. The van der Waals surface area contributed by atoms with Crippen molar-refractivity contribution in [2.45, 2.75) is 50.1 Å². The van der Waals surface area contributed by atoms with Crippen LogP contribution in [0.4, 0.5) is 4.39 Å². The van der Waals surface area contributed by atoms with Crippen LogP contribution in [-0.2, 0) is 13.1 Å². The molecule has 2 rings (SSSR count). The molecule has 4 nitrogen and oxygen atoms in total. The number of thioether (sulfide) groups is 1. The monoisotopic (exact) mass is 366 g/mol. The Morgan fingerprint density at radius 2 is 2.16 bits per heavy atom. The van der Waals surface area contributed by atoms with E-state index in [2.05, 4.69) is 21.9 Å². The van der Waals surface area contributed by atoms with Crippen molar-refractivity contribution < 1.29 is 4.39 Å². The highest BCUT2D eigenvalue weighted by Crippen LogP contribution is 2.26. The van der Waals surface area contributed by atoms with E-state index >= 15 is 0 Å². The molecule has 1 saturated carbocycles. The highest BCUT2D eigenvalue weighted by Gasteiger charge is 2.21. The number of nitrogens with one attached hydrogen (secondary N) is 2. The van der Waals surface area contributed by atoms with Gasteiger partial charge in [-0.1, -0.05) is 12.5 Å². The second-order valence-electron chi connectivity index (χ2n) is 6.95. The Balaban J connectivity index is 1.90. The summed E-state index contributed by atoms with van der Waals surface area (Å²) in [5, 5.41) is 7.65. The van der Waals surface area contributed by atoms with Crippen molar-refractivity contribution in [3.8, 4) is 0 Å². The van der Waals surface area contributed by atoms with E-state index < -0.39 is 0 Å². The third-order valence-electron chi connectivity index (χ3n) is 4.58. The first kappa shape index (κ1) is 20.0. The lowest BCUT2D eigenvalue weighted by atomic mass is 9.95. The molecule has 1 aromatic carbocycles. The third-order valence-corrected chi connectivity index (χ3v) is 5.68. The highest BCUT2D eigenvalue weighted by molar-refractivity contribution is 7.99. The number of hydrogen-bond acceptors (Lipinski definition) is 3. The van der Waals surface area contributed by atoms with E-state index in [1.165, 1.54) is 25.7 Å².